The molecule has 0 amide bonds. The highest BCUT2D eigenvalue weighted by Gasteiger charge is 2.28. The van der Waals surface area contributed by atoms with Gasteiger partial charge in [-0.25, -0.2) is 9.13 Å². The Hall–Kier alpha value is -2.26. The molecule has 0 aromatic rings. The molecule has 5 unspecified atom stereocenters. The molecule has 0 spiro atoms. The molecule has 0 aliphatic carbocycles. The molecule has 5 N–H and O–H groups in total. The van der Waals surface area contributed by atoms with E-state index in [1.165, 1.54) is 70.6 Å². The van der Waals surface area contributed by atoms with Crippen LogP contribution in [0, 0.1) is 0 Å². The van der Waals surface area contributed by atoms with Crippen LogP contribution in [-0.2, 0) is 46.3 Å². The Balaban J connectivity index is 3.98. The third kappa shape index (κ3) is 41.1. The van der Waals surface area contributed by atoms with Gasteiger partial charge < -0.3 is 34.6 Å². The average Bonchev–Trinajstić information content (AvgIpc) is 3.22. The van der Waals surface area contributed by atoms with Gasteiger partial charge in [-0.2, -0.15) is 0 Å². The third-order valence-corrected chi connectivity index (χ3v) is 10.5. The zero-order chi connectivity index (χ0) is 44.6. The van der Waals surface area contributed by atoms with Gasteiger partial charge in [0.15, 0.2) is 0 Å². The van der Waals surface area contributed by atoms with Crippen molar-refractivity contribution in [3.05, 3.63) is 60.8 Å². The summed E-state index contributed by atoms with van der Waals surface area (Å²) in [5.41, 5.74) is 0. The van der Waals surface area contributed by atoms with E-state index in [1.54, 1.807) is 0 Å². The van der Waals surface area contributed by atoms with Gasteiger partial charge in [-0.3, -0.25) is 27.7 Å². The van der Waals surface area contributed by atoms with Crippen LogP contribution in [0.25, 0.3) is 0 Å². The number of unbranched alkanes of at least 4 members (excludes halogenated alkanes) is 15. The molecule has 0 aliphatic heterocycles. The molecule has 0 aliphatic rings. The van der Waals surface area contributed by atoms with E-state index in [-0.39, 0.29) is 12.8 Å². The zero-order valence-corrected chi connectivity index (χ0v) is 37.9. The molecule has 15 nitrogen and oxygen atoms in total. The van der Waals surface area contributed by atoms with Gasteiger partial charge in [-0.15, -0.1) is 0 Å². The predicted molar refractivity (Wildman–Crippen MR) is 233 cm³/mol. The van der Waals surface area contributed by atoms with E-state index in [9.17, 15) is 43.8 Å². The fraction of sp³-hybridized carbons (Fsp3) is 0.721. The molecule has 17 heteroatoms. The number of carbonyl (C=O) groups excluding carboxylic acids is 2. The zero-order valence-electron chi connectivity index (χ0n) is 36.1. The molecule has 0 saturated carbocycles. The van der Waals surface area contributed by atoms with E-state index in [1.807, 2.05) is 54.7 Å². The average molecular weight is 895 g/mol. The van der Waals surface area contributed by atoms with Gasteiger partial charge >= 0.3 is 27.6 Å². The van der Waals surface area contributed by atoms with Crippen molar-refractivity contribution in [1.82, 2.24) is 0 Å². The minimum Gasteiger partial charge on any atom is -0.463 e. The summed E-state index contributed by atoms with van der Waals surface area (Å²) < 4.78 is 52.8. The molecule has 0 rings (SSSR count). The van der Waals surface area contributed by atoms with Gasteiger partial charge in [0, 0.05) is 12.8 Å². The van der Waals surface area contributed by atoms with Crippen molar-refractivity contribution in [2.75, 3.05) is 39.6 Å². The number of aliphatic hydroxyl groups excluding tert-OH is 3. The smallest absolute Gasteiger partial charge is 0.463 e. The van der Waals surface area contributed by atoms with Crippen LogP contribution in [-0.4, -0.2) is 95.0 Å². The molecular weight excluding hydrogens is 818 g/mol. The summed E-state index contributed by atoms with van der Waals surface area (Å²) in [6.07, 6.45) is 35.2. The van der Waals surface area contributed by atoms with E-state index in [2.05, 4.69) is 38.0 Å². The maximum Gasteiger partial charge on any atom is 0.472 e. The quantitative estimate of drug-likeness (QED) is 0.0167. The molecular formula is C43H76O15P2. The van der Waals surface area contributed by atoms with Crippen molar-refractivity contribution in [3.8, 4) is 0 Å². The summed E-state index contributed by atoms with van der Waals surface area (Å²) in [6.45, 7) is 0.165. The van der Waals surface area contributed by atoms with Gasteiger partial charge in [-0.1, -0.05) is 164 Å². The normalized spacial score (nSPS) is 15.9. The van der Waals surface area contributed by atoms with E-state index in [0.29, 0.717) is 19.3 Å². The molecule has 348 valence electrons. The van der Waals surface area contributed by atoms with Crippen molar-refractivity contribution in [3.63, 3.8) is 0 Å². The highest BCUT2D eigenvalue weighted by molar-refractivity contribution is 7.47. The first-order valence-electron chi connectivity index (χ1n) is 21.7. The number of esters is 2. The minimum atomic E-state index is -4.80. The molecule has 0 fully saturated rings. The summed E-state index contributed by atoms with van der Waals surface area (Å²) in [5, 5.41) is 29.9. The number of carbonyl (C=O) groups is 2. The number of phosphoric ester groups is 2. The second-order valence-corrected chi connectivity index (χ2v) is 17.4. The lowest BCUT2D eigenvalue weighted by atomic mass is 10.0. The minimum absolute atomic E-state index is 0.0978. The van der Waals surface area contributed by atoms with Crippen molar-refractivity contribution in [2.45, 2.75) is 161 Å². The van der Waals surface area contributed by atoms with Crippen LogP contribution >= 0.6 is 15.6 Å². The van der Waals surface area contributed by atoms with Crippen LogP contribution in [0.15, 0.2) is 60.8 Å². The molecule has 0 aromatic carbocycles. The third-order valence-electron chi connectivity index (χ3n) is 8.62. The summed E-state index contributed by atoms with van der Waals surface area (Å²) >= 11 is 0. The summed E-state index contributed by atoms with van der Waals surface area (Å²) in [7, 11) is -9.58. The summed E-state index contributed by atoms with van der Waals surface area (Å²) in [4.78, 5) is 43.6. The maximum absolute atomic E-state index is 12.1. The monoisotopic (exact) mass is 894 g/mol. The van der Waals surface area contributed by atoms with Crippen molar-refractivity contribution < 1.29 is 71.4 Å². The van der Waals surface area contributed by atoms with Crippen molar-refractivity contribution in [2.24, 2.45) is 0 Å². The molecule has 60 heavy (non-hydrogen) atoms. The Morgan fingerprint density at radius 3 is 1.15 bits per heavy atom. The topological polar surface area (TPSA) is 225 Å². The number of ether oxygens (including phenoxy) is 2. The van der Waals surface area contributed by atoms with E-state index < -0.39 is 85.5 Å². The standard InChI is InChI=1S/C43H76O15P2/c1-3-5-7-9-11-13-15-17-18-20-22-24-26-28-30-32-43(48)54-34-40(45)36-56-60(51,52)58-38-41(46)37-57-59(49,50)55-35-39(44)33-53-42(47)31-29-27-25-23-21-19-16-14-12-10-8-6-4-2/h6,8,10,12,14,16,19,21,23,25,39-41,44-46H,3-5,7,9,11,13,15,17-18,20,22,24,26-38H2,1-2H3,(H,49,50)(H,51,52)/b8-6+,12-10+,16-14-,21-19-,25-23+. The Kier molecular flexibility index (Phi) is 38.1. The van der Waals surface area contributed by atoms with E-state index in [4.69, 9.17) is 9.47 Å². The van der Waals surface area contributed by atoms with Crippen LogP contribution in [0.1, 0.15) is 142 Å². The van der Waals surface area contributed by atoms with Gasteiger partial charge in [0.2, 0.25) is 0 Å². The Morgan fingerprint density at radius 2 is 0.767 bits per heavy atom. The van der Waals surface area contributed by atoms with E-state index >= 15 is 0 Å². The lowest BCUT2D eigenvalue weighted by molar-refractivity contribution is -0.148. The number of hydrogen-bond acceptors (Lipinski definition) is 13. The maximum atomic E-state index is 12.1. The predicted octanol–water partition coefficient (Wildman–Crippen LogP) is 9.05. The first-order chi connectivity index (χ1) is 28.8. The van der Waals surface area contributed by atoms with E-state index in [0.717, 1.165) is 25.7 Å². The largest absolute Gasteiger partial charge is 0.472 e. The van der Waals surface area contributed by atoms with Crippen LogP contribution in [0.4, 0.5) is 0 Å². The highest BCUT2D eigenvalue weighted by Crippen LogP contribution is 2.45. The first kappa shape index (κ1) is 57.7. The lowest BCUT2D eigenvalue weighted by Crippen LogP contribution is -2.25. The summed E-state index contributed by atoms with van der Waals surface area (Å²) in [6, 6.07) is 0. The highest BCUT2D eigenvalue weighted by atomic mass is 31.2. The van der Waals surface area contributed by atoms with Gasteiger partial charge in [-0.05, 0) is 25.7 Å². The molecule has 0 bridgehead atoms. The number of rotatable bonds is 41. The van der Waals surface area contributed by atoms with Gasteiger partial charge in [0.1, 0.15) is 31.5 Å². The first-order valence-corrected chi connectivity index (χ1v) is 24.7. The molecule has 0 radical (unpaired) electrons. The van der Waals surface area contributed by atoms with Crippen LogP contribution in [0.2, 0.25) is 0 Å². The van der Waals surface area contributed by atoms with Crippen LogP contribution in [0.5, 0.6) is 0 Å². The number of aliphatic hydroxyl groups is 3. The van der Waals surface area contributed by atoms with Crippen LogP contribution in [0.3, 0.4) is 0 Å². The number of allylic oxidation sites excluding steroid dienone is 10. The second kappa shape index (κ2) is 39.6. The van der Waals surface area contributed by atoms with Crippen molar-refractivity contribution in [1.29, 1.82) is 0 Å². The van der Waals surface area contributed by atoms with Crippen LogP contribution < -0.4 is 0 Å². The second-order valence-electron chi connectivity index (χ2n) is 14.5. The number of hydrogen-bond donors (Lipinski definition) is 5. The number of phosphoric acid groups is 2. The van der Waals surface area contributed by atoms with Gasteiger partial charge in [0.05, 0.1) is 26.4 Å². The molecule has 0 heterocycles. The lowest BCUT2D eigenvalue weighted by Gasteiger charge is -2.19. The Labute approximate surface area is 359 Å². The SMILES string of the molecule is CC/C=C/C=C/C=C\C=C/C=C/CCCC(=O)OCC(O)COP(=O)(O)OCC(O)COP(=O)(O)OCC(O)COC(=O)CCCCCCCCCCCCCCCCC. The fourth-order valence-corrected chi connectivity index (χ4v) is 6.83. The van der Waals surface area contributed by atoms with Gasteiger partial charge in [0.25, 0.3) is 0 Å². The molecule has 5 atom stereocenters. The Bertz CT molecular complexity index is 1320. The Morgan fingerprint density at radius 1 is 0.450 bits per heavy atom. The van der Waals surface area contributed by atoms with Crippen molar-refractivity contribution >= 4 is 27.6 Å². The molecule has 0 aromatic heterocycles. The summed E-state index contributed by atoms with van der Waals surface area (Å²) in [5.74, 6) is -1.07. The molecule has 0 saturated heterocycles. The fourth-order valence-electron chi connectivity index (χ4n) is 5.24.